The van der Waals surface area contributed by atoms with Gasteiger partial charge in [-0.05, 0) is 32.1 Å². The highest BCUT2D eigenvalue weighted by Gasteiger charge is 2.14. The molecule has 1 heterocycles. The number of nitrogens with one attached hydrogen (secondary N) is 1. The van der Waals surface area contributed by atoms with Gasteiger partial charge in [-0.2, -0.15) is 0 Å². The number of hydrogen-bond acceptors (Lipinski definition) is 3. The van der Waals surface area contributed by atoms with Gasteiger partial charge in [0.15, 0.2) is 0 Å². The van der Waals surface area contributed by atoms with Crippen molar-refractivity contribution in [2.45, 2.75) is 19.9 Å². The number of halogens is 1. The second-order valence-electron chi connectivity index (χ2n) is 4.62. The Balaban J connectivity index is 2.68. The Morgan fingerprint density at radius 2 is 2.12 bits per heavy atom. The Labute approximate surface area is 103 Å². The zero-order chi connectivity index (χ0) is 12.1. The fourth-order valence-corrected chi connectivity index (χ4v) is 1.70. The number of hydrogen-bond donors (Lipinski definition) is 1. The van der Waals surface area contributed by atoms with Crippen LogP contribution in [0.2, 0.25) is 5.15 Å². The van der Waals surface area contributed by atoms with Crippen molar-refractivity contribution in [2.24, 2.45) is 5.92 Å². The Kier molecular flexibility index (Phi) is 5.03. The maximum absolute atomic E-state index is 5.85. The van der Waals surface area contributed by atoms with E-state index in [2.05, 4.69) is 43.1 Å². The van der Waals surface area contributed by atoms with Gasteiger partial charge in [0.2, 0.25) is 0 Å². The van der Waals surface area contributed by atoms with E-state index >= 15 is 0 Å². The first-order chi connectivity index (χ1) is 7.49. The maximum atomic E-state index is 5.85. The van der Waals surface area contributed by atoms with Crippen molar-refractivity contribution in [3.05, 3.63) is 23.5 Å². The summed E-state index contributed by atoms with van der Waals surface area (Å²) >= 11 is 5.85. The Morgan fingerprint density at radius 3 is 2.62 bits per heavy atom. The third kappa shape index (κ3) is 4.37. The zero-order valence-corrected chi connectivity index (χ0v) is 11.1. The highest BCUT2D eigenvalue weighted by Crippen LogP contribution is 2.16. The van der Waals surface area contributed by atoms with Crippen LogP contribution < -0.4 is 5.32 Å². The number of aromatic nitrogens is 1. The third-order valence-corrected chi connectivity index (χ3v) is 2.65. The van der Waals surface area contributed by atoms with Crippen molar-refractivity contribution in [2.75, 3.05) is 26.0 Å². The molecule has 0 aliphatic rings. The van der Waals surface area contributed by atoms with Gasteiger partial charge in [0, 0.05) is 24.5 Å². The van der Waals surface area contributed by atoms with Gasteiger partial charge in [0.1, 0.15) is 5.15 Å². The molecule has 0 aromatic carbocycles. The monoisotopic (exact) mass is 241 g/mol. The molecule has 1 N–H and O–H groups in total. The van der Waals surface area contributed by atoms with Gasteiger partial charge >= 0.3 is 0 Å². The third-order valence-electron chi connectivity index (χ3n) is 2.45. The van der Waals surface area contributed by atoms with E-state index < -0.39 is 0 Å². The average molecular weight is 242 g/mol. The van der Waals surface area contributed by atoms with Crippen molar-refractivity contribution in [1.29, 1.82) is 0 Å². The molecule has 16 heavy (non-hydrogen) atoms. The number of rotatable bonds is 5. The summed E-state index contributed by atoms with van der Waals surface area (Å²) in [5, 5.41) is 4.01. The van der Waals surface area contributed by atoms with E-state index in [0.29, 0.717) is 17.1 Å². The lowest BCUT2D eigenvalue weighted by Crippen LogP contribution is -2.36. The van der Waals surface area contributed by atoms with Gasteiger partial charge in [-0.3, -0.25) is 0 Å². The summed E-state index contributed by atoms with van der Waals surface area (Å²) in [5.74, 6) is 0.564. The summed E-state index contributed by atoms with van der Waals surface area (Å²) in [6.07, 6.45) is 1.72. The minimum absolute atomic E-state index is 0.411. The van der Waals surface area contributed by atoms with Crippen LogP contribution in [-0.2, 0) is 0 Å². The summed E-state index contributed by atoms with van der Waals surface area (Å²) in [6.45, 7) is 5.42. The van der Waals surface area contributed by atoms with E-state index in [1.807, 2.05) is 12.1 Å². The lowest BCUT2D eigenvalue weighted by atomic mass is 10.0. The predicted octanol–water partition coefficient (Wildman–Crippen LogP) is 2.73. The first-order valence-corrected chi connectivity index (χ1v) is 5.89. The standard InChI is InChI=1S/C12H20ClN3/c1-9(2)11(8-16(3)4)15-10-5-6-14-12(13)7-10/h5-7,9,11H,8H2,1-4H3,(H,14,15). The molecule has 0 radical (unpaired) electrons. The van der Waals surface area contributed by atoms with E-state index in [9.17, 15) is 0 Å². The van der Waals surface area contributed by atoms with Crippen LogP contribution >= 0.6 is 11.6 Å². The zero-order valence-electron chi connectivity index (χ0n) is 10.4. The lowest BCUT2D eigenvalue weighted by molar-refractivity contribution is 0.344. The van der Waals surface area contributed by atoms with Crippen LogP contribution in [0, 0.1) is 5.92 Å². The summed E-state index contributed by atoms with van der Waals surface area (Å²) < 4.78 is 0. The van der Waals surface area contributed by atoms with Crippen molar-refractivity contribution >= 4 is 17.3 Å². The van der Waals surface area contributed by atoms with Crippen LogP contribution in [0.15, 0.2) is 18.3 Å². The predicted molar refractivity (Wildman–Crippen MR) is 70.0 cm³/mol. The highest BCUT2D eigenvalue weighted by molar-refractivity contribution is 6.29. The molecule has 0 spiro atoms. The van der Waals surface area contributed by atoms with Crippen molar-refractivity contribution in [1.82, 2.24) is 9.88 Å². The van der Waals surface area contributed by atoms with E-state index in [1.54, 1.807) is 6.20 Å². The Morgan fingerprint density at radius 1 is 1.44 bits per heavy atom. The molecule has 1 unspecified atom stereocenters. The summed E-state index contributed by atoms with van der Waals surface area (Å²) in [6, 6.07) is 4.21. The molecule has 1 atom stereocenters. The topological polar surface area (TPSA) is 28.2 Å². The lowest BCUT2D eigenvalue weighted by Gasteiger charge is -2.26. The van der Waals surface area contributed by atoms with E-state index in [4.69, 9.17) is 11.6 Å². The first kappa shape index (κ1) is 13.3. The molecule has 0 aliphatic carbocycles. The molecule has 90 valence electrons. The molecule has 0 fully saturated rings. The quantitative estimate of drug-likeness (QED) is 0.804. The molecule has 1 aromatic rings. The molecule has 3 nitrogen and oxygen atoms in total. The van der Waals surface area contributed by atoms with E-state index in [0.717, 1.165) is 12.2 Å². The molecule has 0 saturated carbocycles. The normalized spacial score (nSPS) is 13.2. The van der Waals surface area contributed by atoms with Crippen LogP contribution in [0.5, 0.6) is 0 Å². The number of anilines is 1. The van der Waals surface area contributed by atoms with Crippen LogP contribution in [-0.4, -0.2) is 36.6 Å². The summed E-state index contributed by atoms with van der Waals surface area (Å²) in [7, 11) is 4.16. The summed E-state index contributed by atoms with van der Waals surface area (Å²) in [4.78, 5) is 6.15. The molecule has 0 bridgehead atoms. The van der Waals surface area contributed by atoms with Crippen LogP contribution in [0.3, 0.4) is 0 Å². The first-order valence-electron chi connectivity index (χ1n) is 5.52. The highest BCUT2D eigenvalue weighted by atomic mass is 35.5. The fraction of sp³-hybridized carbons (Fsp3) is 0.583. The summed E-state index contributed by atoms with van der Waals surface area (Å²) in [5.41, 5.74) is 1.03. The SMILES string of the molecule is CC(C)C(CN(C)C)Nc1ccnc(Cl)c1. The number of likely N-dealkylation sites (N-methyl/N-ethyl adjacent to an activating group) is 1. The molecular formula is C12H20ClN3. The second-order valence-corrected chi connectivity index (χ2v) is 5.01. The van der Waals surface area contributed by atoms with Crippen LogP contribution in [0.25, 0.3) is 0 Å². The van der Waals surface area contributed by atoms with Gasteiger partial charge < -0.3 is 10.2 Å². The van der Waals surface area contributed by atoms with Crippen molar-refractivity contribution in [3.63, 3.8) is 0 Å². The Bertz CT molecular complexity index is 326. The molecule has 0 saturated heterocycles. The van der Waals surface area contributed by atoms with Gasteiger partial charge in [-0.25, -0.2) is 4.98 Å². The average Bonchev–Trinajstić information content (AvgIpc) is 2.15. The minimum Gasteiger partial charge on any atom is -0.381 e. The van der Waals surface area contributed by atoms with Crippen molar-refractivity contribution < 1.29 is 0 Å². The van der Waals surface area contributed by atoms with Crippen LogP contribution in [0.1, 0.15) is 13.8 Å². The van der Waals surface area contributed by atoms with Gasteiger partial charge in [-0.1, -0.05) is 25.4 Å². The molecule has 1 aromatic heterocycles. The second kappa shape index (κ2) is 6.06. The molecule has 1 rings (SSSR count). The fourth-order valence-electron chi connectivity index (χ4n) is 1.52. The minimum atomic E-state index is 0.411. The molecule has 0 aliphatic heterocycles. The smallest absolute Gasteiger partial charge is 0.131 e. The number of pyridine rings is 1. The van der Waals surface area contributed by atoms with Gasteiger partial charge in [0.05, 0.1) is 0 Å². The van der Waals surface area contributed by atoms with E-state index in [1.165, 1.54) is 0 Å². The molecule has 4 heteroatoms. The van der Waals surface area contributed by atoms with Gasteiger partial charge in [0.25, 0.3) is 0 Å². The largest absolute Gasteiger partial charge is 0.381 e. The van der Waals surface area contributed by atoms with E-state index in [-0.39, 0.29) is 0 Å². The molecule has 0 amide bonds. The molecular weight excluding hydrogens is 222 g/mol. The van der Waals surface area contributed by atoms with Crippen molar-refractivity contribution in [3.8, 4) is 0 Å². The maximum Gasteiger partial charge on any atom is 0.131 e. The van der Waals surface area contributed by atoms with Crippen LogP contribution in [0.4, 0.5) is 5.69 Å². The Hall–Kier alpha value is -0.800. The number of nitrogens with zero attached hydrogens (tertiary/aromatic N) is 2. The van der Waals surface area contributed by atoms with Gasteiger partial charge in [-0.15, -0.1) is 0 Å².